The maximum Gasteiger partial charge on any atom is 0.335 e. The summed E-state index contributed by atoms with van der Waals surface area (Å²) < 4.78 is 0. The first-order valence-electron chi connectivity index (χ1n) is 4.63. The summed E-state index contributed by atoms with van der Waals surface area (Å²) in [6.07, 6.45) is 0. The lowest BCUT2D eigenvalue weighted by Gasteiger charge is -2.28. The van der Waals surface area contributed by atoms with Crippen molar-refractivity contribution in [3.05, 3.63) is 29.8 Å². The SMILES string of the molecule is CC(C)(C)N([O])c1cccc(C(=O)O)c1. The van der Waals surface area contributed by atoms with E-state index in [-0.39, 0.29) is 5.56 Å². The van der Waals surface area contributed by atoms with Crippen molar-refractivity contribution in [3.8, 4) is 0 Å². The van der Waals surface area contributed by atoms with Crippen molar-refractivity contribution < 1.29 is 15.1 Å². The minimum atomic E-state index is -1.03. The first kappa shape index (κ1) is 11.5. The lowest BCUT2D eigenvalue weighted by molar-refractivity contribution is 0.0696. The van der Waals surface area contributed by atoms with Gasteiger partial charge in [-0.05, 0) is 39.0 Å². The molecule has 4 heteroatoms. The van der Waals surface area contributed by atoms with E-state index in [2.05, 4.69) is 0 Å². The zero-order valence-corrected chi connectivity index (χ0v) is 9.02. The van der Waals surface area contributed by atoms with E-state index in [0.29, 0.717) is 5.69 Å². The van der Waals surface area contributed by atoms with Crippen LogP contribution in [0.1, 0.15) is 31.1 Å². The number of anilines is 1. The molecule has 0 aromatic heterocycles. The smallest absolute Gasteiger partial charge is 0.335 e. The summed E-state index contributed by atoms with van der Waals surface area (Å²) in [5.74, 6) is -1.03. The Morgan fingerprint density at radius 1 is 1.33 bits per heavy atom. The summed E-state index contributed by atoms with van der Waals surface area (Å²) >= 11 is 0. The number of carboxylic acid groups (broad SMARTS) is 1. The van der Waals surface area contributed by atoms with Gasteiger partial charge in [-0.15, -0.1) is 0 Å². The maximum absolute atomic E-state index is 11.8. The van der Waals surface area contributed by atoms with Gasteiger partial charge in [-0.3, -0.25) is 0 Å². The summed E-state index contributed by atoms with van der Waals surface area (Å²) in [5.41, 5.74) is -0.0862. The van der Waals surface area contributed by atoms with Crippen LogP contribution in [0.4, 0.5) is 5.69 Å². The molecule has 0 saturated heterocycles. The van der Waals surface area contributed by atoms with E-state index >= 15 is 0 Å². The molecule has 0 amide bonds. The third kappa shape index (κ3) is 2.70. The van der Waals surface area contributed by atoms with Crippen LogP contribution in [0.25, 0.3) is 0 Å². The third-order valence-electron chi connectivity index (χ3n) is 1.94. The number of nitrogens with zero attached hydrogens (tertiary/aromatic N) is 1. The van der Waals surface area contributed by atoms with Crippen molar-refractivity contribution in [2.45, 2.75) is 26.3 Å². The quantitative estimate of drug-likeness (QED) is 0.759. The van der Waals surface area contributed by atoms with E-state index in [9.17, 15) is 10.0 Å². The molecule has 4 nitrogen and oxygen atoms in total. The minimum absolute atomic E-state index is 0.123. The van der Waals surface area contributed by atoms with Crippen molar-refractivity contribution in [1.82, 2.24) is 0 Å². The standard InChI is InChI=1S/C11H14NO3/c1-11(2,3)12(15)9-6-4-5-8(7-9)10(13)14/h4-7H,1-3H3,(H,13,14). The molecule has 1 aromatic carbocycles. The zero-order valence-electron chi connectivity index (χ0n) is 9.02. The van der Waals surface area contributed by atoms with Gasteiger partial charge in [0.25, 0.3) is 0 Å². The fourth-order valence-electron chi connectivity index (χ4n) is 1.15. The Bertz CT molecular complexity index is 368. The van der Waals surface area contributed by atoms with Gasteiger partial charge in [0.15, 0.2) is 0 Å². The molecule has 1 radical (unpaired) electrons. The predicted octanol–water partition coefficient (Wildman–Crippen LogP) is 2.34. The van der Waals surface area contributed by atoms with Gasteiger partial charge < -0.3 is 5.11 Å². The van der Waals surface area contributed by atoms with Crippen molar-refractivity contribution >= 4 is 11.7 Å². The van der Waals surface area contributed by atoms with E-state index in [0.717, 1.165) is 5.06 Å². The van der Waals surface area contributed by atoms with Crippen molar-refractivity contribution in [3.63, 3.8) is 0 Å². The lowest BCUT2D eigenvalue weighted by Crippen LogP contribution is -2.37. The van der Waals surface area contributed by atoms with E-state index in [1.807, 2.05) is 0 Å². The lowest BCUT2D eigenvalue weighted by atomic mass is 10.1. The molecule has 1 N–H and O–H groups in total. The van der Waals surface area contributed by atoms with Gasteiger partial charge in [0.1, 0.15) is 0 Å². The predicted molar refractivity (Wildman–Crippen MR) is 56.3 cm³/mol. The molecule has 0 fully saturated rings. The summed E-state index contributed by atoms with van der Waals surface area (Å²) in [4.78, 5) is 10.7. The van der Waals surface area contributed by atoms with Crippen LogP contribution in [0.15, 0.2) is 24.3 Å². The molecule has 15 heavy (non-hydrogen) atoms. The molecule has 1 aromatic rings. The average Bonchev–Trinajstić information content (AvgIpc) is 2.15. The van der Waals surface area contributed by atoms with Crippen LogP contribution in [0, 0.1) is 0 Å². The number of hydroxylamine groups is 1. The molecule has 0 aliphatic rings. The van der Waals surface area contributed by atoms with Crippen LogP contribution >= 0.6 is 0 Å². The van der Waals surface area contributed by atoms with Gasteiger partial charge >= 0.3 is 5.97 Å². The molecule has 1 rings (SSSR count). The highest BCUT2D eigenvalue weighted by molar-refractivity contribution is 5.88. The fourth-order valence-corrected chi connectivity index (χ4v) is 1.15. The Hall–Kier alpha value is -1.55. The molecule has 0 heterocycles. The highest BCUT2D eigenvalue weighted by Gasteiger charge is 2.22. The van der Waals surface area contributed by atoms with Gasteiger partial charge in [0, 0.05) is 0 Å². The number of carboxylic acids is 1. The van der Waals surface area contributed by atoms with Gasteiger partial charge in [0.2, 0.25) is 0 Å². The molecule has 0 spiro atoms. The molecule has 0 unspecified atom stereocenters. The number of carbonyl (C=O) groups is 1. The number of rotatable bonds is 2. The van der Waals surface area contributed by atoms with E-state index in [1.54, 1.807) is 32.9 Å². The zero-order chi connectivity index (χ0) is 11.6. The number of aromatic carboxylic acids is 1. The van der Waals surface area contributed by atoms with Crippen LogP contribution in [0.2, 0.25) is 0 Å². The van der Waals surface area contributed by atoms with E-state index in [4.69, 9.17) is 5.11 Å². The molecule has 0 bridgehead atoms. The Balaban J connectivity index is 3.06. The van der Waals surface area contributed by atoms with Crippen LogP contribution in [0.5, 0.6) is 0 Å². The Morgan fingerprint density at radius 3 is 2.40 bits per heavy atom. The van der Waals surface area contributed by atoms with Crippen molar-refractivity contribution in [2.24, 2.45) is 0 Å². The monoisotopic (exact) mass is 208 g/mol. The second-order valence-corrected chi connectivity index (χ2v) is 4.32. The third-order valence-corrected chi connectivity index (χ3v) is 1.94. The first-order chi connectivity index (χ1) is 6.82. The molecular weight excluding hydrogens is 194 g/mol. The molecular formula is C11H14NO3. The summed E-state index contributed by atoms with van der Waals surface area (Å²) in [5, 5.41) is 21.3. The average molecular weight is 208 g/mol. The summed E-state index contributed by atoms with van der Waals surface area (Å²) in [6, 6.07) is 6.00. The first-order valence-corrected chi connectivity index (χ1v) is 4.63. The van der Waals surface area contributed by atoms with Gasteiger partial charge in [-0.1, -0.05) is 11.3 Å². The Kier molecular flexibility index (Phi) is 3.00. The summed E-state index contributed by atoms with van der Waals surface area (Å²) in [7, 11) is 0. The minimum Gasteiger partial charge on any atom is -0.478 e. The van der Waals surface area contributed by atoms with E-state index < -0.39 is 11.5 Å². The topological polar surface area (TPSA) is 60.4 Å². The molecule has 0 atom stereocenters. The van der Waals surface area contributed by atoms with Crippen molar-refractivity contribution in [2.75, 3.05) is 5.06 Å². The molecule has 81 valence electrons. The molecule has 0 saturated carbocycles. The Morgan fingerprint density at radius 2 is 1.93 bits per heavy atom. The second-order valence-electron chi connectivity index (χ2n) is 4.32. The molecule has 0 aliphatic heterocycles. The maximum atomic E-state index is 11.8. The highest BCUT2D eigenvalue weighted by atomic mass is 16.5. The van der Waals surface area contributed by atoms with Crippen LogP contribution in [-0.2, 0) is 5.21 Å². The number of benzene rings is 1. The highest BCUT2D eigenvalue weighted by Crippen LogP contribution is 2.22. The Labute approximate surface area is 88.7 Å². The van der Waals surface area contributed by atoms with Gasteiger partial charge in [-0.25, -0.2) is 9.86 Å². The number of hydrogen-bond donors (Lipinski definition) is 1. The molecule has 0 aliphatic carbocycles. The van der Waals surface area contributed by atoms with Crippen LogP contribution < -0.4 is 5.06 Å². The normalized spacial score (nSPS) is 11.2. The van der Waals surface area contributed by atoms with Crippen LogP contribution in [0.3, 0.4) is 0 Å². The van der Waals surface area contributed by atoms with Gasteiger partial charge in [0.05, 0.1) is 16.8 Å². The summed E-state index contributed by atoms with van der Waals surface area (Å²) in [6.45, 7) is 5.31. The van der Waals surface area contributed by atoms with Gasteiger partial charge in [-0.2, -0.15) is 0 Å². The van der Waals surface area contributed by atoms with Crippen LogP contribution in [-0.4, -0.2) is 16.6 Å². The largest absolute Gasteiger partial charge is 0.478 e. The number of hydrogen-bond acceptors (Lipinski definition) is 2. The second kappa shape index (κ2) is 3.90. The van der Waals surface area contributed by atoms with Crippen molar-refractivity contribution in [1.29, 1.82) is 0 Å². The van der Waals surface area contributed by atoms with E-state index in [1.165, 1.54) is 12.1 Å². The fraction of sp³-hybridized carbons (Fsp3) is 0.364.